The summed E-state index contributed by atoms with van der Waals surface area (Å²) in [5.41, 5.74) is -0.230. The van der Waals surface area contributed by atoms with Gasteiger partial charge in [-0.1, -0.05) is 12.7 Å². The van der Waals surface area contributed by atoms with Crippen molar-refractivity contribution < 1.29 is 32.4 Å². The van der Waals surface area contributed by atoms with Gasteiger partial charge >= 0.3 is 11.9 Å². The van der Waals surface area contributed by atoms with Crippen molar-refractivity contribution in [2.45, 2.75) is 19.1 Å². The number of rotatable bonds is 6. The van der Waals surface area contributed by atoms with E-state index < -0.39 is 33.9 Å². The summed E-state index contributed by atoms with van der Waals surface area (Å²) in [5, 5.41) is 6.97. The Balaban J connectivity index is 4.96. The molecule has 0 saturated carbocycles. The Bertz CT molecular complexity index is 486. The van der Waals surface area contributed by atoms with E-state index in [1.54, 1.807) is 0 Å². The Kier molecular flexibility index (Phi) is 5.73. The zero-order valence-corrected chi connectivity index (χ0v) is 10.7. The van der Waals surface area contributed by atoms with Crippen molar-refractivity contribution in [2.24, 2.45) is 0 Å². The van der Waals surface area contributed by atoms with Crippen LogP contribution < -0.4 is 0 Å². The van der Waals surface area contributed by atoms with Crippen molar-refractivity contribution in [1.29, 1.82) is 0 Å². The molecule has 18 heavy (non-hydrogen) atoms. The van der Waals surface area contributed by atoms with Gasteiger partial charge < -0.3 is 9.84 Å². The fourth-order valence-electron chi connectivity index (χ4n) is 0.851. The maximum absolute atomic E-state index is 11.1. The Labute approximate surface area is 105 Å². The van der Waals surface area contributed by atoms with E-state index in [0.29, 0.717) is 0 Å². The molecule has 7 nitrogen and oxygen atoms in total. The minimum absolute atomic E-state index is 0.0584. The van der Waals surface area contributed by atoms with E-state index in [4.69, 9.17) is 9.66 Å². The molecule has 0 fully saturated rings. The monoisotopic (exact) mass is 278 g/mol. The molecule has 0 spiro atoms. The number of carboxylic acids is 1. The maximum Gasteiger partial charge on any atom is 0.333 e. The van der Waals surface area contributed by atoms with E-state index in [1.165, 1.54) is 6.92 Å². The van der Waals surface area contributed by atoms with Gasteiger partial charge in [0.05, 0.1) is 0 Å². The number of aliphatic carboxylic acids is 1. The lowest BCUT2D eigenvalue weighted by Crippen LogP contribution is -2.26. The third kappa shape index (κ3) is 5.60. The van der Waals surface area contributed by atoms with Crippen LogP contribution in [0.2, 0.25) is 0 Å². The summed E-state index contributed by atoms with van der Waals surface area (Å²) in [6, 6.07) is 0. The molecule has 0 aromatic rings. The molecule has 0 rings (SSSR count). The molecule has 102 valence electrons. The molecular formula is C10H14O7S. The highest BCUT2D eigenvalue weighted by molar-refractivity contribution is 7.86. The SMILES string of the molecule is C=C(C)C(=O)OCC(C=C(C)C(=O)O)S(=O)(=O)O. The van der Waals surface area contributed by atoms with Gasteiger partial charge in [0.1, 0.15) is 11.9 Å². The molecule has 0 radical (unpaired) electrons. The van der Waals surface area contributed by atoms with Crippen LogP contribution in [0.3, 0.4) is 0 Å². The summed E-state index contributed by atoms with van der Waals surface area (Å²) in [6.07, 6.45) is 0.795. The number of hydrogen-bond acceptors (Lipinski definition) is 5. The van der Waals surface area contributed by atoms with Crippen LogP contribution in [0.15, 0.2) is 23.8 Å². The van der Waals surface area contributed by atoms with E-state index in [1.807, 2.05) is 0 Å². The number of hydrogen-bond donors (Lipinski definition) is 2. The van der Waals surface area contributed by atoms with Gasteiger partial charge in [0.15, 0.2) is 0 Å². The van der Waals surface area contributed by atoms with Crippen LogP contribution in [0.5, 0.6) is 0 Å². The van der Waals surface area contributed by atoms with Crippen LogP contribution in [-0.2, 0) is 24.4 Å². The van der Waals surface area contributed by atoms with E-state index in [9.17, 15) is 18.0 Å². The van der Waals surface area contributed by atoms with Crippen molar-refractivity contribution >= 4 is 22.1 Å². The van der Waals surface area contributed by atoms with E-state index >= 15 is 0 Å². The number of ether oxygens (including phenoxy) is 1. The number of carbonyl (C=O) groups excluding carboxylic acids is 1. The van der Waals surface area contributed by atoms with Crippen LogP contribution in [0, 0.1) is 0 Å². The average Bonchev–Trinajstić information content (AvgIpc) is 2.20. The molecule has 0 bridgehead atoms. The zero-order chi connectivity index (χ0) is 14.5. The summed E-state index contributed by atoms with van der Waals surface area (Å²) in [5.74, 6) is -2.17. The Morgan fingerprint density at radius 2 is 1.89 bits per heavy atom. The number of carboxylic acid groups (broad SMARTS) is 1. The van der Waals surface area contributed by atoms with Gasteiger partial charge in [0.25, 0.3) is 10.1 Å². The summed E-state index contributed by atoms with van der Waals surface area (Å²) >= 11 is 0. The van der Waals surface area contributed by atoms with Crippen molar-refractivity contribution in [3.63, 3.8) is 0 Å². The van der Waals surface area contributed by atoms with Crippen LogP contribution >= 0.6 is 0 Å². The number of carbonyl (C=O) groups is 2. The molecule has 0 amide bonds. The predicted octanol–water partition coefficient (Wildman–Crippen LogP) is 0.393. The molecule has 0 aliphatic carbocycles. The second-order valence-corrected chi connectivity index (χ2v) is 5.22. The predicted molar refractivity (Wildman–Crippen MR) is 62.5 cm³/mol. The third-order valence-corrected chi connectivity index (χ3v) is 2.92. The lowest BCUT2D eigenvalue weighted by molar-refractivity contribution is -0.138. The summed E-state index contributed by atoms with van der Waals surface area (Å²) < 4.78 is 35.4. The van der Waals surface area contributed by atoms with E-state index in [2.05, 4.69) is 11.3 Å². The van der Waals surface area contributed by atoms with Crippen molar-refractivity contribution in [3.8, 4) is 0 Å². The molecule has 0 aliphatic rings. The lowest BCUT2D eigenvalue weighted by Gasteiger charge is -2.11. The van der Waals surface area contributed by atoms with Gasteiger partial charge in [-0.3, -0.25) is 4.55 Å². The molecule has 2 N–H and O–H groups in total. The van der Waals surface area contributed by atoms with E-state index in [0.717, 1.165) is 13.0 Å². The van der Waals surface area contributed by atoms with Crippen molar-refractivity contribution in [1.82, 2.24) is 0 Å². The van der Waals surface area contributed by atoms with Crippen molar-refractivity contribution in [3.05, 3.63) is 23.8 Å². The molecule has 0 saturated heterocycles. The van der Waals surface area contributed by atoms with Crippen LogP contribution in [0.4, 0.5) is 0 Å². The smallest absolute Gasteiger partial charge is 0.333 e. The molecule has 0 aliphatic heterocycles. The van der Waals surface area contributed by atoms with Crippen LogP contribution in [0.1, 0.15) is 13.8 Å². The quantitative estimate of drug-likeness (QED) is 0.410. The van der Waals surface area contributed by atoms with Gasteiger partial charge in [0, 0.05) is 11.1 Å². The normalized spacial score (nSPS) is 13.8. The summed E-state index contributed by atoms with van der Waals surface area (Å²) in [6.45, 7) is 5.12. The molecule has 0 aromatic carbocycles. The van der Waals surface area contributed by atoms with Crippen LogP contribution in [0.25, 0.3) is 0 Å². The first-order valence-electron chi connectivity index (χ1n) is 4.76. The van der Waals surface area contributed by atoms with Gasteiger partial charge in [0.2, 0.25) is 0 Å². The van der Waals surface area contributed by atoms with E-state index in [-0.39, 0.29) is 11.1 Å². The van der Waals surface area contributed by atoms with Crippen molar-refractivity contribution in [2.75, 3.05) is 6.61 Å². The minimum Gasteiger partial charge on any atom is -0.478 e. The standard InChI is InChI=1S/C10H14O7S/c1-6(2)10(13)17-5-8(18(14,15)16)4-7(3)9(11)12/h4,8H,1,5H2,2-3H3,(H,11,12)(H,14,15,16). The second-order valence-electron chi connectivity index (χ2n) is 3.59. The first kappa shape index (κ1) is 16.3. The molecule has 0 heterocycles. The molecule has 8 heteroatoms. The van der Waals surface area contributed by atoms with Gasteiger partial charge in [-0.15, -0.1) is 0 Å². The van der Waals surface area contributed by atoms with Gasteiger partial charge in [-0.05, 0) is 13.8 Å². The molecule has 1 atom stereocenters. The summed E-state index contributed by atoms with van der Waals surface area (Å²) in [7, 11) is -4.56. The summed E-state index contributed by atoms with van der Waals surface area (Å²) in [4.78, 5) is 21.6. The molecule has 0 aromatic heterocycles. The Hall–Kier alpha value is -1.67. The fourth-order valence-corrected chi connectivity index (χ4v) is 1.47. The third-order valence-electron chi connectivity index (χ3n) is 1.88. The fraction of sp³-hybridized carbons (Fsp3) is 0.400. The van der Waals surface area contributed by atoms with Gasteiger partial charge in [-0.2, -0.15) is 8.42 Å². The first-order chi connectivity index (χ1) is 8.05. The van der Waals surface area contributed by atoms with Gasteiger partial charge in [-0.25, -0.2) is 9.59 Å². The largest absolute Gasteiger partial charge is 0.478 e. The second kappa shape index (κ2) is 6.31. The zero-order valence-electron chi connectivity index (χ0n) is 9.91. The highest BCUT2D eigenvalue weighted by Gasteiger charge is 2.24. The number of esters is 1. The average molecular weight is 278 g/mol. The maximum atomic E-state index is 11.1. The minimum atomic E-state index is -4.56. The molecule has 1 unspecified atom stereocenters. The highest BCUT2D eigenvalue weighted by atomic mass is 32.2. The Morgan fingerprint density at radius 3 is 2.22 bits per heavy atom. The highest BCUT2D eigenvalue weighted by Crippen LogP contribution is 2.07. The van der Waals surface area contributed by atoms with Crippen LogP contribution in [-0.4, -0.2) is 41.9 Å². The lowest BCUT2D eigenvalue weighted by atomic mass is 10.2. The Morgan fingerprint density at radius 1 is 1.39 bits per heavy atom. The first-order valence-corrected chi connectivity index (χ1v) is 6.26. The molecular weight excluding hydrogens is 264 g/mol. The topological polar surface area (TPSA) is 118 Å².